The molecule has 11 unspecified atom stereocenters. The molecule has 0 saturated carbocycles. The van der Waals surface area contributed by atoms with Crippen LogP contribution in [0.15, 0.2) is 97.2 Å². The molecule has 76 heavy (non-hydrogen) atoms. The second-order valence-corrected chi connectivity index (χ2v) is 19.7. The van der Waals surface area contributed by atoms with Gasteiger partial charge in [0.25, 0.3) is 0 Å². The number of hydrogen-bond acceptors (Lipinski definition) is 15. The largest absolute Gasteiger partial charge is 0.462 e. The van der Waals surface area contributed by atoms with E-state index in [-0.39, 0.29) is 19.4 Å². The lowest BCUT2D eigenvalue weighted by Crippen LogP contribution is -2.61. The third-order valence-electron chi connectivity index (χ3n) is 13.1. The van der Waals surface area contributed by atoms with Gasteiger partial charge in [0.15, 0.2) is 18.7 Å². The molecule has 0 bridgehead atoms. The van der Waals surface area contributed by atoms with Crippen molar-refractivity contribution in [2.75, 3.05) is 26.4 Å². The van der Waals surface area contributed by atoms with E-state index in [1.54, 1.807) is 0 Å². The molecule has 0 aromatic carbocycles. The summed E-state index contributed by atoms with van der Waals surface area (Å²) in [6.07, 6.45) is 43.0. The number of aliphatic hydroxyl groups excluding tert-OH is 7. The maximum atomic E-state index is 13.0. The highest BCUT2D eigenvalue weighted by molar-refractivity contribution is 5.70. The van der Waals surface area contributed by atoms with Crippen molar-refractivity contribution >= 4 is 11.9 Å². The van der Waals surface area contributed by atoms with Crippen LogP contribution in [-0.2, 0) is 38.0 Å². The molecule has 2 aliphatic heterocycles. The van der Waals surface area contributed by atoms with Gasteiger partial charge in [0.2, 0.25) is 0 Å². The summed E-state index contributed by atoms with van der Waals surface area (Å²) in [5.41, 5.74) is 0. The Hall–Kier alpha value is -3.58. The van der Waals surface area contributed by atoms with Crippen LogP contribution < -0.4 is 0 Å². The van der Waals surface area contributed by atoms with Gasteiger partial charge in [-0.25, -0.2) is 0 Å². The van der Waals surface area contributed by atoms with Crippen LogP contribution in [0.5, 0.6) is 0 Å². The van der Waals surface area contributed by atoms with Crippen molar-refractivity contribution in [3.8, 4) is 0 Å². The van der Waals surface area contributed by atoms with E-state index < -0.39 is 99.3 Å². The van der Waals surface area contributed by atoms with Crippen LogP contribution in [0.25, 0.3) is 0 Å². The van der Waals surface area contributed by atoms with Crippen molar-refractivity contribution in [2.45, 2.75) is 248 Å². The summed E-state index contributed by atoms with van der Waals surface area (Å²) in [6, 6.07) is 0. The van der Waals surface area contributed by atoms with E-state index in [1.807, 2.05) is 12.2 Å². The molecular weight excluding hydrogens is 973 g/mol. The SMILES string of the molecule is CC/C=C\C/C=C\C/C=C\C/C=C\C/C=C\C/C=C\CCC(=O)OC(COC(=O)CCCCCCCCCCC/C=C\C/C=C\CCCCCCC)COC1OC(COC2OC(CO)C(O)C(O)C2O)C(O)C(O)C1O. The van der Waals surface area contributed by atoms with Gasteiger partial charge in [0.1, 0.15) is 55.4 Å². The Morgan fingerprint density at radius 1 is 0.434 bits per heavy atom. The van der Waals surface area contributed by atoms with Gasteiger partial charge >= 0.3 is 11.9 Å². The van der Waals surface area contributed by atoms with Crippen LogP contribution in [0.2, 0.25) is 0 Å². The number of unbranched alkanes of at least 4 members (excludes halogenated alkanes) is 14. The van der Waals surface area contributed by atoms with E-state index in [9.17, 15) is 45.3 Å². The molecule has 0 radical (unpaired) electrons. The summed E-state index contributed by atoms with van der Waals surface area (Å²) >= 11 is 0. The second kappa shape index (κ2) is 46.3. The van der Waals surface area contributed by atoms with Crippen molar-refractivity contribution in [3.63, 3.8) is 0 Å². The van der Waals surface area contributed by atoms with Gasteiger partial charge in [0.05, 0.1) is 19.8 Å². The average Bonchev–Trinajstić information content (AvgIpc) is 3.41. The summed E-state index contributed by atoms with van der Waals surface area (Å²) in [4.78, 5) is 25.9. The number of hydrogen-bond donors (Lipinski definition) is 7. The molecule has 0 aromatic rings. The molecule has 2 saturated heterocycles. The Bertz CT molecular complexity index is 1690. The highest BCUT2D eigenvalue weighted by Gasteiger charge is 2.47. The monoisotopic (exact) mass is 1070 g/mol. The van der Waals surface area contributed by atoms with Crippen molar-refractivity contribution < 1.29 is 73.8 Å². The first kappa shape index (κ1) is 68.5. The lowest BCUT2D eigenvalue weighted by Gasteiger charge is -2.42. The summed E-state index contributed by atoms with van der Waals surface area (Å²) in [7, 11) is 0. The number of esters is 2. The van der Waals surface area contributed by atoms with Gasteiger partial charge in [-0.2, -0.15) is 0 Å². The number of rotatable bonds is 44. The molecule has 15 nitrogen and oxygen atoms in total. The summed E-state index contributed by atoms with van der Waals surface area (Å²) in [5.74, 6) is -1.03. The number of ether oxygens (including phenoxy) is 6. The summed E-state index contributed by atoms with van der Waals surface area (Å²) in [5, 5.41) is 72.3. The molecule has 2 fully saturated rings. The minimum Gasteiger partial charge on any atom is -0.462 e. The van der Waals surface area contributed by atoms with Crippen molar-refractivity contribution in [2.24, 2.45) is 0 Å². The van der Waals surface area contributed by atoms with Gasteiger partial charge < -0.3 is 64.2 Å². The molecule has 0 spiro atoms. The van der Waals surface area contributed by atoms with Crippen LogP contribution in [0.1, 0.15) is 181 Å². The minimum atomic E-state index is -1.79. The topological polar surface area (TPSA) is 231 Å². The number of carbonyl (C=O) groups excluding carboxylic acids is 2. The predicted molar refractivity (Wildman–Crippen MR) is 298 cm³/mol. The highest BCUT2D eigenvalue weighted by Crippen LogP contribution is 2.26. The molecule has 11 atom stereocenters. The van der Waals surface area contributed by atoms with E-state index in [0.29, 0.717) is 19.3 Å². The van der Waals surface area contributed by atoms with Crippen LogP contribution in [-0.4, -0.2) is 142 Å². The van der Waals surface area contributed by atoms with Gasteiger partial charge in [-0.3, -0.25) is 9.59 Å². The third-order valence-corrected chi connectivity index (χ3v) is 13.1. The first-order chi connectivity index (χ1) is 37.0. The average molecular weight is 1070 g/mol. The Balaban J connectivity index is 1.79. The van der Waals surface area contributed by atoms with E-state index in [4.69, 9.17) is 28.4 Å². The van der Waals surface area contributed by atoms with Gasteiger partial charge in [-0.1, -0.05) is 182 Å². The van der Waals surface area contributed by atoms with Crippen molar-refractivity contribution in [3.05, 3.63) is 97.2 Å². The number of allylic oxidation sites excluding steroid dienone is 16. The van der Waals surface area contributed by atoms with Crippen molar-refractivity contribution in [1.82, 2.24) is 0 Å². The van der Waals surface area contributed by atoms with Gasteiger partial charge in [0, 0.05) is 12.8 Å². The van der Waals surface area contributed by atoms with Crippen molar-refractivity contribution in [1.29, 1.82) is 0 Å². The Labute approximate surface area is 456 Å². The van der Waals surface area contributed by atoms with E-state index in [1.165, 1.54) is 64.2 Å². The highest BCUT2D eigenvalue weighted by atomic mass is 16.7. The molecule has 2 rings (SSSR count). The first-order valence-electron chi connectivity index (χ1n) is 28.8. The molecule has 7 N–H and O–H groups in total. The fourth-order valence-electron chi connectivity index (χ4n) is 8.39. The Morgan fingerprint density at radius 2 is 0.855 bits per heavy atom. The zero-order valence-corrected chi connectivity index (χ0v) is 46.2. The second-order valence-electron chi connectivity index (χ2n) is 19.7. The molecular formula is C61H100O15. The quantitative estimate of drug-likeness (QED) is 0.0171. The third kappa shape index (κ3) is 33.0. The molecule has 2 aliphatic rings. The first-order valence-corrected chi connectivity index (χ1v) is 28.8. The lowest BCUT2D eigenvalue weighted by atomic mass is 9.98. The molecule has 0 amide bonds. The maximum absolute atomic E-state index is 13.0. The predicted octanol–water partition coefficient (Wildman–Crippen LogP) is 9.71. The zero-order chi connectivity index (χ0) is 55.3. The fraction of sp³-hybridized carbons (Fsp3) is 0.705. The fourth-order valence-corrected chi connectivity index (χ4v) is 8.39. The van der Waals surface area contributed by atoms with Crippen LogP contribution in [0.3, 0.4) is 0 Å². The van der Waals surface area contributed by atoms with E-state index in [2.05, 4.69) is 98.9 Å². The molecule has 0 aromatic heterocycles. The Morgan fingerprint density at radius 3 is 1.36 bits per heavy atom. The Kier molecular flexibility index (Phi) is 41.8. The number of aliphatic hydroxyl groups is 7. The van der Waals surface area contributed by atoms with Crippen LogP contribution in [0.4, 0.5) is 0 Å². The molecule has 15 heteroatoms. The summed E-state index contributed by atoms with van der Waals surface area (Å²) in [6.45, 7) is 2.38. The van der Waals surface area contributed by atoms with Crippen LogP contribution >= 0.6 is 0 Å². The lowest BCUT2D eigenvalue weighted by molar-refractivity contribution is -0.332. The smallest absolute Gasteiger partial charge is 0.306 e. The molecule has 0 aliphatic carbocycles. The molecule has 434 valence electrons. The molecule has 2 heterocycles. The van der Waals surface area contributed by atoms with Crippen LogP contribution in [0, 0.1) is 0 Å². The van der Waals surface area contributed by atoms with E-state index >= 15 is 0 Å². The minimum absolute atomic E-state index is 0.0340. The van der Waals surface area contributed by atoms with Gasteiger partial charge in [-0.05, 0) is 83.5 Å². The number of carbonyl (C=O) groups is 2. The maximum Gasteiger partial charge on any atom is 0.306 e. The standard InChI is InChI=1S/C61H100O15/c1-3-5-7-9-11-13-15-17-19-21-23-24-26-27-29-31-33-35-37-39-41-43-52(63)71-46-49(74-53(64)44-42-40-38-36-34-32-30-28-25-22-20-18-16-14-12-10-8-6-4-2)47-72-60-59(70)57(68)55(66)51(76-60)48-73-61-58(69)56(67)54(65)50(45-62)75-61/h6,8,12,14-15,17-18,20-21,23,25,28,32,34,38,40,49-51,54-62,65-70H,3-5,7,9-11,13,16,19,22,24,26-27,29-31,33,35-37,39,41-48H2,1-2H3/b8-6-,14-12-,17-15-,20-18-,23-21-,28-25-,34-32-,40-38-. The van der Waals surface area contributed by atoms with Gasteiger partial charge in [-0.15, -0.1) is 0 Å². The zero-order valence-electron chi connectivity index (χ0n) is 46.2. The summed E-state index contributed by atoms with van der Waals surface area (Å²) < 4.78 is 33.6. The normalized spacial score (nSPS) is 25.1. The van der Waals surface area contributed by atoms with E-state index in [0.717, 1.165) is 70.6 Å².